The minimum Gasteiger partial charge on any atom is -0.494 e. The van der Waals surface area contributed by atoms with E-state index in [1.807, 2.05) is 31.2 Å². The van der Waals surface area contributed by atoms with Crippen molar-refractivity contribution in [1.82, 2.24) is 4.90 Å². The van der Waals surface area contributed by atoms with Gasteiger partial charge in [-0.05, 0) is 68.9 Å². The first-order valence-corrected chi connectivity index (χ1v) is 9.75. The van der Waals surface area contributed by atoms with Gasteiger partial charge in [0, 0.05) is 37.6 Å². The van der Waals surface area contributed by atoms with Crippen LogP contribution in [-0.2, 0) is 4.79 Å². The molecule has 28 heavy (non-hydrogen) atoms. The number of piperazine rings is 1. The Morgan fingerprint density at radius 1 is 1.00 bits per heavy atom. The molecule has 1 aliphatic rings. The molecule has 3 rings (SSSR count). The van der Waals surface area contributed by atoms with Crippen LogP contribution < -0.4 is 19.7 Å². The Labute approximate surface area is 167 Å². The van der Waals surface area contributed by atoms with E-state index < -0.39 is 0 Å². The molecule has 2 aromatic carbocycles. The second kappa shape index (κ2) is 9.46. The molecule has 1 aliphatic heterocycles. The predicted molar refractivity (Wildman–Crippen MR) is 113 cm³/mol. The standard InChI is InChI=1S/C22H29N3O3/c1-4-27-19-6-8-20(9-7-19)28-16-22(26)23-18-5-10-21(17(2)15-18)25-13-11-24(3)12-14-25/h5-10,15H,4,11-14,16H2,1-3H3,(H,23,26). The zero-order chi connectivity index (χ0) is 19.9. The van der Waals surface area contributed by atoms with E-state index >= 15 is 0 Å². The number of benzene rings is 2. The van der Waals surface area contributed by atoms with Crippen LogP contribution in [0.2, 0.25) is 0 Å². The molecular formula is C22H29N3O3. The molecule has 0 bridgehead atoms. The van der Waals surface area contributed by atoms with Crippen LogP contribution in [0, 0.1) is 6.92 Å². The average Bonchev–Trinajstić information content (AvgIpc) is 2.69. The second-order valence-electron chi connectivity index (χ2n) is 7.03. The maximum atomic E-state index is 12.2. The largest absolute Gasteiger partial charge is 0.494 e. The Morgan fingerprint density at radius 2 is 1.64 bits per heavy atom. The van der Waals surface area contributed by atoms with Crippen molar-refractivity contribution in [3.8, 4) is 11.5 Å². The Morgan fingerprint density at radius 3 is 2.25 bits per heavy atom. The minimum absolute atomic E-state index is 0.0345. The highest BCUT2D eigenvalue weighted by atomic mass is 16.5. The third-order valence-electron chi connectivity index (χ3n) is 4.83. The lowest BCUT2D eigenvalue weighted by Gasteiger charge is -2.35. The third-order valence-corrected chi connectivity index (χ3v) is 4.83. The molecule has 0 atom stereocenters. The van der Waals surface area contributed by atoms with E-state index in [0.29, 0.717) is 12.4 Å². The highest BCUT2D eigenvalue weighted by molar-refractivity contribution is 5.92. The fourth-order valence-corrected chi connectivity index (χ4v) is 3.28. The normalized spacial score (nSPS) is 14.6. The summed E-state index contributed by atoms with van der Waals surface area (Å²) in [5.74, 6) is 1.25. The number of amides is 1. The highest BCUT2D eigenvalue weighted by Gasteiger charge is 2.16. The van der Waals surface area contributed by atoms with E-state index in [0.717, 1.165) is 43.2 Å². The van der Waals surface area contributed by atoms with Crippen molar-refractivity contribution < 1.29 is 14.3 Å². The molecule has 0 saturated carbocycles. The van der Waals surface area contributed by atoms with Crippen LogP contribution in [0.15, 0.2) is 42.5 Å². The van der Waals surface area contributed by atoms with Crippen LogP contribution in [0.1, 0.15) is 12.5 Å². The van der Waals surface area contributed by atoms with Gasteiger partial charge in [0.15, 0.2) is 6.61 Å². The van der Waals surface area contributed by atoms with Crippen molar-refractivity contribution in [2.24, 2.45) is 0 Å². The van der Waals surface area contributed by atoms with Gasteiger partial charge < -0.3 is 24.6 Å². The first kappa shape index (κ1) is 20.0. The van der Waals surface area contributed by atoms with Crippen LogP contribution in [0.5, 0.6) is 11.5 Å². The van der Waals surface area contributed by atoms with Crippen LogP contribution in [0.4, 0.5) is 11.4 Å². The number of carbonyl (C=O) groups excluding carboxylic acids is 1. The van der Waals surface area contributed by atoms with Gasteiger partial charge >= 0.3 is 0 Å². The van der Waals surface area contributed by atoms with E-state index in [1.165, 1.54) is 5.69 Å². The number of aryl methyl sites for hydroxylation is 1. The topological polar surface area (TPSA) is 54.0 Å². The van der Waals surface area contributed by atoms with Gasteiger partial charge in [0.05, 0.1) is 6.61 Å². The monoisotopic (exact) mass is 383 g/mol. The summed E-state index contributed by atoms with van der Waals surface area (Å²) in [7, 11) is 2.15. The van der Waals surface area contributed by atoms with Gasteiger partial charge in [-0.15, -0.1) is 0 Å². The van der Waals surface area contributed by atoms with Gasteiger partial charge in [-0.1, -0.05) is 0 Å². The molecule has 6 nitrogen and oxygen atoms in total. The summed E-state index contributed by atoms with van der Waals surface area (Å²) >= 11 is 0. The van der Waals surface area contributed by atoms with Crippen LogP contribution in [0.25, 0.3) is 0 Å². The number of nitrogens with one attached hydrogen (secondary N) is 1. The smallest absolute Gasteiger partial charge is 0.262 e. The fraction of sp³-hybridized carbons (Fsp3) is 0.409. The summed E-state index contributed by atoms with van der Waals surface area (Å²) in [6.45, 7) is 8.80. The predicted octanol–water partition coefficient (Wildman–Crippen LogP) is 3.16. The lowest BCUT2D eigenvalue weighted by Crippen LogP contribution is -2.44. The molecule has 150 valence electrons. The molecule has 1 saturated heterocycles. The summed E-state index contributed by atoms with van der Waals surface area (Å²) < 4.78 is 10.9. The molecule has 0 aromatic heterocycles. The zero-order valence-electron chi connectivity index (χ0n) is 16.9. The average molecular weight is 383 g/mol. The molecule has 1 N–H and O–H groups in total. The summed E-state index contributed by atoms with van der Waals surface area (Å²) in [5.41, 5.74) is 3.18. The zero-order valence-corrected chi connectivity index (χ0v) is 16.9. The fourth-order valence-electron chi connectivity index (χ4n) is 3.28. The summed E-state index contributed by atoms with van der Waals surface area (Å²) in [6.07, 6.45) is 0. The van der Waals surface area contributed by atoms with E-state index in [2.05, 4.69) is 35.2 Å². The Balaban J connectivity index is 1.51. The number of anilines is 2. The molecule has 1 heterocycles. The van der Waals surface area contributed by atoms with Crippen LogP contribution in [0.3, 0.4) is 0 Å². The molecule has 0 spiro atoms. The van der Waals surface area contributed by atoms with Gasteiger partial charge in [0.25, 0.3) is 5.91 Å². The number of hydrogen-bond acceptors (Lipinski definition) is 5. The highest BCUT2D eigenvalue weighted by Crippen LogP contribution is 2.24. The lowest BCUT2D eigenvalue weighted by molar-refractivity contribution is -0.118. The maximum absolute atomic E-state index is 12.2. The summed E-state index contributed by atoms with van der Waals surface area (Å²) in [5, 5.41) is 2.91. The summed E-state index contributed by atoms with van der Waals surface area (Å²) in [6, 6.07) is 13.3. The molecule has 0 aliphatic carbocycles. The van der Waals surface area contributed by atoms with Crippen molar-refractivity contribution in [1.29, 1.82) is 0 Å². The van der Waals surface area contributed by atoms with Gasteiger partial charge in [0.1, 0.15) is 11.5 Å². The molecular weight excluding hydrogens is 354 g/mol. The molecule has 1 amide bonds. The van der Waals surface area contributed by atoms with E-state index in [1.54, 1.807) is 12.1 Å². The van der Waals surface area contributed by atoms with Crippen molar-refractivity contribution in [3.63, 3.8) is 0 Å². The lowest BCUT2D eigenvalue weighted by atomic mass is 10.1. The van der Waals surface area contributed by atoms with Gasteiger partial charge in [-0.3, -0.25) is 4.79 Å². The molecule has 1 fully saturated rings. The van der Waals surface area contributed by atoms with E-state index in [9.17, 15) is 4.79 Å². The second-order valence-corrected chi connectivity index (χ2v) is 7.03. The van der Waals surface area contributed by atoms with E-state index in [-0.39, 0.29) is 12.5 Å². The number of carbonyl (C=O) groups is 1. The molecule has 6 heteroatoms. The quantitative estimate of drug-likeness (QED) is 0.796. The van der Waals surface area contributed by atoms with Gasteiger partial charge in [-0.2, -0.15) is 0 Å². The molecule has 2 aromatic rings. The van der Waals surface area contributed by atoms with Gasteiger partial charge in [-0.25, -0.2) is 0 Å². The van der Waals surface area contributed by atoms with Gasteiger partial charge in [0.2, 0.25) is 0 Å². The molecule has 0 unspecified atom stereocenters. The SMILES string of the molecule is CCOc1ccc(OCC(=O)Nc2ccc(N3CCN(C)CC3)c(C)c2)cc1. The Bertz CT molecular complexity index is 784. The number of rotatable bonds is 7. The number of likely N-dealkylation sites (N-methyl/N-ethyl adjacent to an activating group) is 1. The van der Waals surface area contributed by atoms with Crippen molar-refractivity contribution in [2.45, 2.75) is 13.8 Å². The number of ether oxygens (including phenoxy) is 2. The first-order valence-electron chi connectivity index (χ1n) is 9.75. The Kier molecular flexibility index (Phi) is 6.76. The van der Waals surface area contributed by atoms with Crippen molar-refractivity contribution in [3.05, 3.63) is 48.0 Å². The number of nitrogens with zero attached hydrogens (tertiary/aromatic N) is 2. The Hall–Kier alpha value is -2.73. The minimum atomic E-state index is -0.180. The maximum Gasteiger partial charge on any atom is 0.262 e. The van der Waals surface area contributed by atoms with Crippen molar-refractivity contribution >= 4 is 17.3 Å². The summed E-state index contributed by atoms with van der Waals surface area (Å²) in [4.78, 5) is 16.9. The van der Waals surface area contributed by atoms with Crippen LogP contribution >= 0.6 is 0 Å². The van der Waals surface area contributed by atoms with Crippen LogP contribution in [-0.4, -0.2) is 57.2 Å². The third kappa shape index (κ3) is 5.39. The first-order chi connectivity index (χ1) is 13.5. The molecule has 0 radical (unpaired) electrons. The van der Waals surface area contributed by atoms with E-state index in [4.69, 9.17) is 9.47 Å². The number of hydrogen-bond donors (Lipinski definition) is 1. The van der Waals surface area contributed by atoms with Crippen molar-refractivity contribution in [2.75, 3.05) is 56.7 Å².